The van der Waals surface area contributed by atoms with Crippen LogP contribution in [0.4, 0.5) is 0 Å². The van der Waals surface area contributed by atoms with E-state index in [1.807, 2.05) is 58.0 Å². The summed E-state index contributed by atoms with van der Waals surface area (Å²) in [6.07, 6.45) is 4.49. The van der Waals surface area contributed by atoms with E-state index in [2.05, 4.69) is 0 Å². The van der Waals surface area contributed by atoms with Crippen molar-refractivity contribution in [3.05, 3.63) is 42.1 Å². The van der Waals surface area contributed by atoms with Crippen molar-refractivity contribution in [1.29, 1.82) is 0 Å². The molecule has 1 aromatic rings. The first-order valence-corrected chi connectivity index (χ1v) is 8.89. The number of nitrogens with two attached hydrogens (primary N) is 2. The molecule has 5 nitrogen and oxygen atoms in total. The van der Waals surface area contributed by atoms with Gasteiger partial charge in [-0.1, -0.05) is 64.4 Å². The maximum Gasteiger partial charge on any atom is 0.250 e. The van der Waals surface area contributed by atoms with Crippen molar-refractivity contribution >= 4 is 30.3 Å². The molecule has 2 amide bonds. The van der Waals surface area contributed by atoms with Crippen LogP contribution in [0, 0.1) is 11.8 Å². The Morgan fingerprint density at radius 3 is 2.15 bits per heavy atom. The summed E-state index contributed by atoms with van der Waals surface area (Å²) in [5.41, 5.74) is 13.0. The number of rotatable bonds is 8. The Morgan fingerprint density at radius 1 is 1.08 bits per heavy atom. The standard InChI is InChI=1S/C20H31N3O2.ClH/c1-5-15(4)18(22)20(25)23(19(24)17(21)13-14(2)3)12-11-16-9-7-6-8-10-16;/h6-12,14-15,17-18H,5,13,21-22H2,1-4H3;1H/t15-,17-,18-;/m0./s1. The molecule has 4 N–H and O–H groups in total. The summed E-state index contributed by atoms with van der Waals surface area (Å²) in [6.45, 7) is 7.85. The predicted octanol–water partition coefficient (Wildman–Crippen LogP) is 3.18. The highest BCUT2D eigenvalue weighted by atomic mass is 35.5. The molecule has 0 fully saturated rings. The van der Waals surface area contributed by atoms with Crippen LogP contribution in [0.15, 0.2) is 36.5 Å². The van der Waals surface area contributed by atoms with E-state index in [9.17, 15) is 9.59 Å². The first-order chi connectivity index (χ1) is 11.8. The number of imide groups is 1. The number of hydrogen-bond donors (Lipinski definition) is 2. The fourth-order valence-corrected chi connectivity index (χ4v) is 2.43. The van der Waals surface area contributed by atoms with Gasteiger partial charge in [0, 0.05) is 6.20 Å². The number of benzene rings is 1. The Balaban J connectivity index is 0.00000625. The topological polar surface area (TPSA) is 89.4 Å². The van der Waals surface area contributed by atoms with Gasteiger partial charge in [0.05, 0.1) is 12.1 Å². The summed E-state index contributed by atoms with van der Waals surface area (Å²) in [6, 6.07) is 8.02. The second kappa shape index (κ2) is 11.8. The molecule has 3 atom stereocenters. The molecular formula is C20H32ClN3O2. The lowest BCUT2D eigenvalue weighted by atomic mass is 9.98. The van der Waals surface area contributed by atoms with E-state index in [-0.39, 0.29) is 24.2 Å². The van der Waals surface area contributed by atoms with Crippen LogP contribution in [-0.2, 0) is 9.59 Å². The zero-order chi connectivity index (χ0) is 19.0. The summed E-state index contributed by atoms with van der Waals surface area (Å²) in [5, 5.41) is 0. The minimum absolute atomic E-state index is 0. The number of amides is 2. The highest BCUT2D eigenvalue weighted by molar-refractivity contribution is 6.01. The third kappa shape index (κ3) is 7.28. The maximum absolute atomic E-state index is 12.8. The second-order valence-electron chi connectivity index (χ2n) is 6.92. The molecular weight excluding hydrogens is 350 g/mol. The van der Waals surface area contributed by atoms with Crippen molar-refractivity contribution in [2.45, 2.75) is 52.6 Å². The summed E-state index contributed by atoms with van der Waals surface area (Å²) >= 11 is 0. The molecule has 26 heavy (non-hydrogen) atoms. The smallest absolute Gasteiger partial charge is 0.250 e. The van der Waals surface area contributed by atoms with Crippen molar-refractivity contribution in [3.8, 4) is 0 Å². The molecule has 0 unspecified atom stereocenters. The van der Waals surface area contributed by atoms with E-state index >= 15 is 0 Å². The molecule has 0 aromatic heterocycles. The second-order valence-corrected chi connectivity index (χ2v) is 6.92. The SMILES string of the molecule is CC[C@H](C)[C@H](N)C(=O)N(C=Cc1ccccc1)C(=O)[C@@H](N)CC(C)C.Cl. The van der Waals surface area contributed by atoms with Crippen molar-refractivity contribution in [2.24, 2.45) is 23.3 Å². The Hall–Kier alpha value is -1.69. The van der Waals surface area contributed by atoms with Gasteiger partial charge >= 0.3 is 0 Å². The van der Waals surface area contributed by atoms with E-state index in [4.69, 9.17) is 11.5 Å². The first kappa shape index (κ1) is 24.3. The molecule has 0 aliphatic heterocycles. The van der Waals surface area contributed by atoms with Gasteiger partial charge in [-0.15, -0.1) is 12.4 Å². The lowest BCUT2D eigenvalue weighted by Crippen LogP contribution is -2.51. The highest BCUT2D eigenvalue weighted by Crippen LogP contribution is 2.13. The zero-order valence-corrected chi connectivity index (χ0v) is 16.9. The Bertz CT molecular complexity index is 590. The normalized spacial score (nSPS) is 14.6. The third-order valence-corrected chi connectivity index (χ3v) is 4.28. The zero-order valence-electron chi connectivity index (χ0n) is 16.1. The molecule has 0 spiro atoms. The Morgan fingerprint density at radius 2 is 1.65 bits per heavy atom. The van der Waals surface area contributed by atoms with Crippen molar-refractivity contribution in [3.63, 3.8) is 0 Å². The van der Waals surface area contributed by atoms with Gasteiger partial charge in [-0.05, 0) is 29.9 Å². The summed E-state index contributed by atoms with van der Waals surface area (Å²) in [4.78, 5) is 26.6. The predicted molar refractivity (Wildman–Crippen MR) is 109 cm³/mol. The molecule has 0 bridgehead atoms. The molecule has 0 radical (unpaired) electrons. The van der Waals surface area contributed by atoms with Gasteiger partial charge in [0.25, 0.3) is 0 Å². The lowest BCUT2D eigenvalue weighted by Gasteiger charge is -2.26. The van der Waals surface area contributed by atoms with Gasteiger partial charge in [-0.3, -0.25) is 14.5 Å². The number of halogens is 1. The van der Waals surface area contributed by atoms with Crippen LogP contribution in [0.3, 0.4) is 0 Å². The van der Waals surface area contributed by atoms with Gasteiger partial charge in [0.1, 0.15) is 0 Å². The molecule has 0 saturated carbocycles. The van der Waals surface area contributed by atoms with E-state index in [1.54, 1.807) is 6.08 Å². The van der Waals surface area contributed by atoms with Crippen LogP contribution >= 0.6 is 12.4 Å². The number of carbonyl (C=O) groups excluding carboxylic acids is 2. The van der Waals surface area contributed by atoms with Crippen LogP contribution in [-0.4, -0.2) is 28.8 Å². The quantitative estimate of drug-likeness (QED) is 0.723. The summed E-state index contributed by atoms with van der Waals surface area (Å²) in [5.74, 6) is -0.582. The van der Waals surface area contributed by atoms with Crippen molar-refractivity contribution in [1.82, 2.24) is 4.90 Å². The fourth-order valence-electron chi connectivity index (χ4n) is 2.43. The average molecular weight is 382 g/mol. The average Bonchev–Trinajstić information content (AvgIpc) is 2.60. The first-order valence-electron chi connectivity index (χ1n) is 8.89. The van der Waals surface area contributed by atoms with E-state index < -0.39 is 23.9 Å². The molecule has 0 saturated heterocycles. The van der Waals surface area contributed by atoms with E-state index in [0.717, 1.165) is 16.9 Å². The molecule has 1 rings (SSSR count). The van der Waals surface area contributed by atoms with Crippen molar-refractivity contribution < 1.29 is 9.59 Å². The van der Waals surface area contributed by atoms with Gasteiger partial charge in [0.15, 0.2) is 0 Å². The minimum atomic E-state index is -0.736. The number of carbonyl (C=O) groups is 2. The number of hydrogen-bond acceptors (Lipinski definition) is 4. The Kier molecular flexibility index (Phi) is 11.1. The largest absolute Gasteiger partial charge is 0.320 e. The lowest BCUT2D eigenvalue weighted by molar-refractivity contribution is -0.143. The van der Waals surface area contributed by atoms with Crippen molar-refractivity contribution in [2.75, 3.05) is 0 Å². The molecule has 0 aliphatic carbocycles. The van der Waals surface area contributed by atoms with Crippen LogP contribution in [0.2, 0.25) is 0 Å². The van der Waals surface area contributed by atoms with Crippen LogP contribution in [0.5, 0.6) is 0 Å². The molecule has 0 aliphatic rings. The summed E-state index contributed by atoms with van der Waals surface area (Å²) in [7, 11) is 0. The third-order valence-electron chi connectivity index (χ3n) is 4.28. The molecule has 146 valence electrons. The van der Waals surface area contributed by atoms with Gasteiger partial charge in [-0.2, -0.15) is 0 Å². The van der Waals surface area contributed by atoms with Gasteiger partial charge in [0.2, 0.25) is 11.8 Å². The number of nitrogens with zero attached hydrogens (tertiary/aromatic N) is 1. The fraction of sp³-hybridized carbons (Fsp3) is 0.500. The van der Waals surface area contributed by atoms with Gasteiger partial charge in [-0.25, -0.2) is 0 Å². The van der Waals surface area contributed by atoms with Crippen LogP contribution < -0.4 is 11.5 Å². The monoisotopic (exact) mass is 381 g/mol. The molecule has 6 heteroatoms. The highest BCUT2D eigenvalue weighted by Gasteiger charge is 2.30. The van der Waals surface area contributed by atoms with Crippen LogP contribution in [0.1, 0.15) is 46.1 Å². The van der Waals surface area contributed by atoms with Gasteiger partial charge < -0.3 is 11.5 Å². The molecule has 0 heterocycles. The maximum atomic E-state index is 12.8. The summed E-state index contributed by atoms with van der Waals surface area (Å²) < 4.78 is 0. The van der Waals surface area contributed by atoms with Crippen LogP contribution in [0.25, 0.3) is 6.08 Å². The molecule has 1 aromatic carbocycles. The minimum Gasteiger partial charge on any atom is -0.320 e. The Labute approximate surface area is 163 Å². The van der Waals surface area contributed by atoms with E-state index in [1.165, 1.54) is 6.20 Å². The van der Waals surface area contributed by atoms with E-state index in [0.29, 0.717) is 6.42 Å².